The van der Waals surface area contributed by atoms with Gasteiger partial charge < -0.3 is 40.4 Å². The van der Waals surface area contributed by atoms with E-state index in [4.69, 9.17) is 20.6 Å². The maximum atomic E-state index is 13.8. The first kappa shape index (κ1) is 29.4. The zero-order valence-electron chi connectivity index (χ0n) is 21.9. The third-order valence-corrected chi connectivity index (χ3v) is 5.71. The third kappa shape index (κ3) is 8.96. The van der Waals surface area contributed by atoms with Crippen LogP contribution in [0, 0.1) is 5.41 Å². The molecule has 3 amide bonds. The van der Waals surface area contributed by atoms with Crippen LogP contribution < -0.4 is 26.0 Å². The molecule has 0 aliphatic carbocycles. The van der Waals surface area contributed by atoms with Gasteiger partial charge in [0.25, 0.3) is 0 Å². The van der Waals surface area contributed by atoms with Gasteiger partial charge in [-0.1, -0.05) is 0 Å². The molecule has 1 saturated heterocycles. The summed E-state index contributed by atoms with van der Waals surface area (Å²) in [5, 5.41) is 12.4. The second kappa shape index (κ2) is 13.5. The van der Waals surface area contributed by atoms with Crippen molar-refractivity contribution < 1.29 is 28.7 Å². The monoisotopic (exact) mass is 518 g/mol. The summed E-state index contributed by atoms with van der Waals surface area (Å²) in [7, 11) is 1.53. The Bertz CT molecular complexity index is 961. The average Bonchev–Trinajstić information content (AvgIpc) is 3.33. The Balaban J connectivity index is 2.21. The highest BCUT2D eigenvalue weighted by Crippen LogP contribution is 2.27. The van der Waals surface area contributed by atoms with E-state index in [1.54, 1.807) is 45.0 Å². The smallest absolute Gasteiger partial charge is 0.408 e. The number of anilines is 1. The Labute approximate surface area is 217 Å². The van der Waals surface area contributed by atoms with Crippen molar-refractivity contribution in [1.29, 1.82) is 5.41 Å². The van der Waals surface area contributed by atoms with Crippen molar-refractivity contribution in [3.63, 3.8) is 0 Å². The fourth-order valence-corrected chi connectivity index (χ4v) is 4.06. The largest absolute Gasteiger partial charge is 0.497 e. The Morgan fingerprint density at radius 3 is 2.49 bits per heavy atom. The standard InChI is InChI=1S/C25H38N6O6/c1-25(2,3)37-24(35)29-15-21(33)30-14-6-8-20(30)22(34)31(17-9-11-19(36-4)12-10-17)18(16-32)7-5-13-28-23(26)27/h9-12,16,18,20H,5-8,13-15H2,1-4H3,(H,29,35)(H4,26,27,28)/t18-,20-/m0/s1. The fourth-order valence-electron chi connectivity index (χ4n) is 4.06. The molecule has 1 aromatic carbocycles. The minimum Gasteiger partial charge on any atom is -0.497 e. The molecule has 0 unspecified atom stereocenters. The molecule has 0 spiro atoms. The third-order valence-electron chi connectivity index (χ3n) is 5.71. The van der Waals surface area contributed by atoms with Crippen molar-refractivity contribution in [1.82, 2.24) is 15.5 Å². The number of nitrogens with zero attached hydrogens (tertiary/aromatic N) is 2. The van der Waals surface area contributed by atoms with Crippen LogP contribution in [-0.2, 0) is 19.1 Å². The summed E-state index contributed by atoms with van der Waals surface area (Å²) in [6.45, 7) is 5.57. The molecule has 1 aliphatic rings. The lowest BCUT2D eigenvalue weighted by Gasteiger charge is -2.34. The van der Waals surface area contributed by atoms with Gasteiger partial charge in [0.15, 0.2) is 5.96 Å². The predicted molar refractivity (Wildman–Crippen MR) is 138 cm³/mol. The molecule has 37 heavy (non-hydrogen) atoms. The number of nitrogens with one attached hydrogen (secondary N) is 3. The topological polar surface area (TPSA) is 167 Å². The molecule has 1 aromatic rings. The first-order chi connectivity index (χ1) is 17.5. The number of ether oxygens (including phenoxy) is 2. The van der Waals surface area contributed by atoms with E-state index < -0.39 is 29.7 Å². The van der Waals surface area contributed by atoms with Gasteiger partial charge in [-0.25, -0.2) is 4.79 Å². The van der Waals surface area contributed by atoms with Crippen LogP contribution in [-0.4, -0.2) is 79.5 Å². The second-order valence-corrected chi connectivity index (χ2v) is 9.69. The van der Waals surface area contributed by atoms with Crippen molar-refractivity contribution in [3.05, 3.63) is 24.3 Å². The second-order valence-electron chi connectivity index (χ2n) is 9.69. The zero-order chi connectivity index (χ0) is 27.6. The van der Waals surface area contributed by atoms with E-state index in [0.29, 0.717) is 56.5 Å². The van der Waals surface area contributed by atoms with Gasteiger partial charge >= 0.3 is 6.09 Å². The number of nitrogens with two attached hydrogens (primary N) is 1. The molecule has 5 N–H and O–H groups in total. The molecule has 2 rings (SSSR count). The number of amides is 3. The predicted octanol–water partition coefficient (Wildman–Crippen LogP) is 1.37. The summed E-state index contributed by atoms with van der Waals surface area (Å²) < 4.78 is 10.4. The van der Waals surface area contributed by atoms with Gasteiger partial charge in [-0.2, -0.15) is 0 Å². The highest BCUT2D eigenvalue weighted by atomic mass is 16.6. The number of hydrogen-bond donors (Lipinski definition) is 4. The van der Waals surface area contributed by atoms with E-state index in [9.17, 15) is 19.2 Å². The lowest BCUT2D eigenvalue weighted by Crippen LogP contribution is -2.53. The number of hydrogen-bond acceptors (Lipinski definition) is 7. The number of likely N-dealkylation sites (tertiary alicyclic amines) is 1. The van der Waals surface area contributed by atoms with Crippen LogP contribution in [0.4, 0.5) is 10.5 Å². The Morgan fingerprint density at radius 2 is 1.92 bits per heavy atom. The van der Waals surface area contributed by atoms with Gasteiger partial charge in [-0.3, -0.25) is 15.0 Å². The van der Waals surface area contributed by atoms with E-state index in [0.717, 1.165) is 0 Å². The number of carbonyl (C=O) groups excluding carboxylic acids is 4. The Hall–Kier alpha value is -3.83. The van der Waals surface area contributed by atoms with Crippen molar-refractivity contribution in [2.45, 2.75) is 64.1 Å². The molecular formula is C25H38N6O6. The summed E-state index contributed by atoms with van der Waals surface area (Å²) >= 11 is 0. The molecule has 0 bridgehead atoms. The van der Waals surface area contributed by atoms with Crippen LogP contribution in [0.25, 0.3) is 0 Å². The highest BCUT2D eigenvalue weighted by Gasteiger charge is 2.39. The normalized spacial score (nSPS) is 15.9. The molecule has 1 heterocycles. The van der Waals surface area contributed by atoms with Gasteiger partial charge in [-0.15, -0.1) is 0 Å². The summed E-state index contributed by atoms with van der Waals surface area (Å²) in [4.78, 5) is 53.8. The summed E-state index contributed by atoms with van der Waals surface area (Å²) in [5.41, 5.74) is 5.11. The van der Waals surface area contributed by atoms with Crippen LogP contribution >= 0.6 is 0 Å². The highest BCUT2D eigenvalue weighted by molar-refractivity contribution is 6.02. The lowest BCUT2D eigenvalue weighted by molar-refractivity contribution is -0.137. The lowest BCUT2D eigenvalue weighted by atomic mass is 10.1. The summed E-state index contributed by atoms with van der Waals surface area (Å²) in [6, 6.07) is 5.17. The van der Waals surface area contributed by atoms with E-state index in [1.165, 1.54) is 16.9 Å². The van der Waals surface area contributed by atoms with Crippen LogP contribution in [0.5, 0.6) is 5.75 Å². The van der Waals surface area contributed by atoms with Gasteiger partial charge in [0, 0.05) is 18.8 Å². The zero-order valence-corrected chi connectivity index (χ0v) is 21.9. The minimum atomic E-state index is -0.799. The maximum Gasteiger partial charge on any atom is 0.408 e. The van der Waals surface area contributed by atoms with Gasteiger partial charge in [-0.05, 0) is 70.7 Å². The number of carbonyl (C=O) groups is 4. The first-order valence-electron chi connectivity index (χ1n) is 12.2. The number of alkyl carbamates (subject to hydrolysis) is 1. The Morgan fingerprint density at radius 1 is 1.24 bits per heavy atom. The van der Waals surface area contributed by atoms with Gasteiger partial charge in [0.1, 0.15) is 30.2 Å². The van der Waals surface area contributed by atoms with Crippen molar-refractivity contribution in [2.75, 3.05) is 31.6 Å². The molecule has 0 radical (unpaired) electrons. The quantitative estimate of drug-likeness (QED) is 0.147. The molecular weight excluding hydrogens is 480 g/mol. The van der Waals surface area contributed by atoms with Crippen molar-refractivity contribution >= 4 is 35.8 Å². The SMILES string of the molecule is COc1ccc(N(C(=O)[C@@H]2CCCN2C(=O)CNC(=O)OC(C)(C)C)[C@H](C=O)CCCNC(=N)N)cc1. The number of benzene rings is 1. The molecule has 0 saturated carbocycles. The summed E-state index contributed by atoms with van der Waals surface area (Å²) in [5.74, 6) is -0.379. The van der Waals surface area contributed by atoms with Crippen LogP contribution in [0.1, 0.15) is 46.5 Å². The van der Waals surface area contributed by atoms with E-state index >= 15 is 0 Å². The summed E-state index contributed by atoms with van der Waals surface area (Å²) in [6.07, 6.45) is 1.84. The molecule has 12 heteroatoms. The van der Waals surface area contributed by atoms with Crippen molar-refractivity contribution in [3.8, 4) is 5.75 Å². The fraction of sp³-hybridized carbons (Fsp3) is 0.560. The first-order valence-corrected chi connectivity index (χ1v) is 12.2. The number of aldehydes is 1. The van der Waals surface area contributed by atoms with Crippen LogP contribution in [0.2, 0.25) is 0 Å². The molecule has 2 atom stereocenters. The van der Waals surface area contributed by atoms with E-state index in [-0.39, 0.29) is 18.4 Å². The molecule has 0 aromatic heterocycles. The molecule has 204 valence electrons. The van der Waals surface area contributed by atoms with E-state index in [1.807, 2.05) is 0 Å². The Kier molecular flexibility index (Phi) is 10.7. The van der Waals surface area contributed by atoms with E-state index in [2.05, 4.69) is 10.6 Å². The van der Waals surface area contributed by atoms with Crippen molar-refractivity contribution in [2.24, 2.45) is 5.73 Å². The van der Waals surface area contributed by atoms with Crippen LogP contribution in [0.3, 0.4) is 0 Å². The maximum absolute atomic E-state index is 13.8. The molecule has 1 fully saturated rings. The minimum absolute atomic E-state index is 0.175. The number of rotatable bonds is 11. The number of guanidine groups is 1. The molecule has 1 aliphatic heterocycles. The average molecular weight is 519 g/mol. The van der Waals surface area contributed by atoms with Crippen LogP contribution in [0.15, 0.2) is 24.3 Å². The number of methoxy groups -OCH3 is 1. The van der Waals surface area contributed by atoms with Gasteiger partial charge in [0.05, 0.1) is 13.2 Å². The molecule has 12 nitrogen and oxygen atoms in total. The van der Waals surface area contributed by atoms with Gasteiger partial charge in [0.2, 0.25) is 11.8 Å².